The first-order valence-electron chi connectivity index (χ1n) is 3.81. The highest BCUT2D eigenvalue weighted by molar-refractivity contribution is 5.73. The Kier molecular flexibility index (Phi) is 1.73. The van der Waals surface area contributed by atoms with Crippen LogP contribution >= 0.6 is 0 Å². The summed E-state index contributed by atoms with van der Waals surface area (Å²) in [7, 11) is 1.59. The fourth-order valence-corrected chi connectivity index (χ4v) is 1.17. The molecule has 0 spiro atoms. The van der Waals surface area contributed by atoms with Crippen molar-refractivity contribution in [2.24, 2.45) is 0 Å². The monoisotopic (exact) mass is 176 g/mol. The summed E-state index contributed by atoms with van der Waals surface area (Å²) in [4.78, 5) is 14.5. The van der Waals surface area contributed by atoms with Crippen molar-refractivity contribution in [2.75, 3.05) is 7.11 Å². The Balaban J connectivity index is 2.63. The number of carbonyl (C=O) groups is 1. The van der Waals surface area contributed by atoms with E-state index < -0.39 is 0 Å². The minimum absolute atomic E-state index is 0.424. The number of aldehydes is 1. The first kappa shape index (κ1) is 7.79. The van der Waals surface area contributed by atoms with Crippen molar-refractivity contribution in [1.82, 2.24) is 9.38 Å². The average molecular weight is 176 g/mol. The van der Waals surface area contributed by atoms with Crippen LogP contribution in [0.5, 0.6) is 5.75 Å². The van der Waals surface area contributed by atoms with Crippen LogP contribution in [0.15, 0.2) is 24.5 Å². The summed E-state index contributed by atoms with van der Waals surface area (Å²) in [6.07, 6.45) is 4.19. The van der Waals surface area contributed by atoms with E-state index in [1.165, 1.54) is 0 Å². The molecule has 0 saturated carbocycles. The molecule has 4 nitrogen and oxygen atoms in total. The van der Waals surface area contributed by atoms with Crippen molar-refractivity contribution in [3.8, 4) is 5.75 Å². The van der Waals surface area contributed by atoms with Crippen molar-refractivity contribution < 1.29 is 9.53 Å². The predicted molar refractivity (Wildman–Crippen MR) is 47.1 cm³/mol. The SMILES string of the molecule is COc1ccn2cc(C=O)nc2c1. The molecule has 0 radical (unpaired) electrons. The van der Waals surface area contributed by atoms with Crippen LogP contribution in [0, 0.1) is 0 Å². The van der Waals surface area contributed by atoms with Gasteiger partial charge in [0.2, 0.25) is 0 Å². The molecule has 0 saturated heterocycles. The summed E-state index contributed by atoms with van der Waals surface area (Å²) < 4.78 is 6.79. The zero-order chi connectivity index (χ0) is 9.26. The third kappa shape index (κ3) is 1.26. The van der Waals surface area contributed by atoms with E-state index in [9.17, 15) is 4.79 Å². The predicted octanol–water partition coefficient (Wildman–Crippen LogP) is 1.16. The van der Waals surface area contributed by atoms with Gasteiger partial charge in [0, 0.05) is 18.5 Å². The van der Waals surface area contributed by atoms with E-state index in [0.29, 0.717) is 11.3 Å². The molecule has 0 atom stereocenters. The van der Waals surface area contributed by atoms with Gasteiger partial charge in [0.15, 0.2) is 6.29 Å². The summed E-state index contributed by atoms with van der Waals surface area (Å²) in [6.45, 7) is 0. The van der Waals surface area contributed by atoms with Gasteiger partial charge in [-0.3, -0.25) is 4.79 Å². The van der Waals surface area contributed by atoms with Crippen LogP contribution in [0.4, 0.5) is 0 Å². The van der Waals surface area contributed by atoms with E-state index in [0.717, 1.165) is 12.0 Å². The molecule has 4 heteroatoms. The Morgan fingerprint density at radius 2 is 2.46 bits per heavy atom. The molecule has 0 amide bonds. The van der Waals surface area contributed by atoms with Gasteiger partial charge in [-0.1, -0.05) is 0 Å². The van der Waals surface area contributed by atoms with E-state index >= 15 is 0 Å². The Morgan fingerprint density at radius 1 is 1.62 bits per heavy atom. The Labute approximate surface area is 74.8 Å². The first-order valence-corrected chi connectivity index (χ1v) is 3.81. The molecular weight excluding hydrogens is 168 g/mol. The van der Waals surface area contributed by atoms with Gasteiger partial charge in [0.05, 0.1) is 7.11 Å². The maximum atomic E-state index is 10.4. The number of aromatic nitrogens is 2. The van der Waals surface area contributed by atoms with Crippen LogP contribution in [-0.4, -0.2) is 22.8 Å². The molecule has 0 aromatic carbocycles. The van der Waals surface area contributed by atoms with Crippen LogP contribution in [0.2, 0.25) is 0 Å². The number of nitrogens with zero attached hydrogens (tertiary/aromatic N) is 2. The minimum Gasteiger partial charge on any atom is -0.497 e. The lowest BCUT2D eigenvalue weighted by molar-refractivity contribution is 0.111. The van der Waals surface area contributed by atoms with Crippen molar-refractivity contribution in [3.05, 3.63) is 30.2 Å². The van der Waals surface area contributed by atoms with Crippen LogP contribution in [0.3, 0.4) is 0 Å². The van der Waals surface area contributed by atoms with Crippen LogP contribution < -0.4 is 4.74 Å². The van der Waals surface area contributed by atoms with Gasteiger partial charge in [-0.2, -0.15) is 0 Å². The van der Waals surface area contributed by atoms with Crippen molar-refractivity contribution in [2.45, 2.75) is 0 Å². The maximum absolute atomic E-state index is 10.4. The molecule has 2 aromatic heterocycles. The lowest BCUT2D eigenvalue weighted by Gasteiger charge is -1.98. The number of hydrogen-bond donors (Lipinski definition) is 0. The molecule has 13 heavy (non-hydrogen) atoms. The number of ether oxygens (including phenoxy) is 1. The van der Waals surface area contributed by atoms with Crippen LogP contribution in [0.25, 0.3) is 5.65 Å². The van der Waals surface area contributed by atoms with Crippen molar-refractivity contribution in [3.63, 3.8) is 0 Å². The highest BCUT2D eigenvalue weighted by Crippen LogP contribution is 2.13. The smallest absolute Gasteiger partial charge is 0.170 e. The lowest BCUT2D eigenvalue weighted by Crippen LogP contribution is -1.86. The molecule has 66 valence electrons. The second kappa shape index (κ2) is 2.90. The van der Waals surface area contributed by atoms with Crippen molar-refractivity contribution >= 4 is 11.9 Å². The molecule has 0 N–H and O–H groups in total. The third-order valence-corrected chi connectivity index (χ3v) is 1.81. The molecule has 2 aromatic rings. The van der Waals surface area contributed by atoms with Crippen LogP contribution in [-0.2, 0) is 0 Å². The molecule has 0 aliphatic carbocycles. The molecule has 0 aliphatic rings. The fraction of sp³-hybridized carbons (Fsp3) is 0.111. The van der Waals surface area contributed by atoms with E-state index in [2.05, 4.69) is 4.98 Å². The molecule has 0 unspecified atom stereocenters. The Hall–Kier alpha value is -1.84. The van der Waals surface area contributed by atoms with Gasteiger partial charge in [0.25, 0.3) is 0 Å². The highest BCUT2D eigenvalue weighted by Gasteiger charge is 2.00. The van der Waals surface area contributed by atoms with Gasteiger partial charge in [0.1, 0.15) is 17.1 Å². The maximum Gasteiger partial charge on any atom is 0.170 e. The highest BCUT2D eigenvalue weighted by atomic mass is 16.5. The van der Waals surface area contributed by atoms with Gasteiger partial charge in [-0.05, 0) is 6.07 Å². The molecule has 0 bridgehead atoms. The van der Waals surface area contributed by atoms with E-state index in [4.69, 9.17) is 4.74 Å². The molecule has 2 rings (SSSR count). The summed E-state index contributed by atoms with van der Waals surface area (Å²) in [6, 6.07) is 3.58. The zero-order valence-electron chi connectivity index (χ0n) is 7.10. The quantitative estimate of drug-likeness (QED) is 0.645. The lowest BCUT2D eigenvalue weighted by atomic mass is 10.4. The largest absolute Gasteiger partial charge is 0.497 e. The molecule has 0 fully saturated rings. The standard InChI is InChI=1S/C9H8N2O2/c1-13-8-2-3-11-5-7(6-12)10-9(11)4-8/h2-6H,1H3. The van der Waals surface area contributed by atoms with Gasteiger partial charge < -0.3 is 9.14 Å². The Morgan fingerprint density at radius 3 is 3.15 bits per heavy atom. The van der Waals surface area contributed by atoms with E-state index in [-0.39, 0.29) is 0 Å². The molecular formula is C9H8N2O2. The summed E-state index contributed by atoms with van der Waals surface area (Å²) in [5.74, 6) is 0.732. The number of fused-ring (bicyclic) bond motifs is 1. The second-order valence-corrected chi connectivity index (χ2v) is 2.62. The van der Waals surface area contributed by atoms with E-state index in [1.54, 1.807) is 30.0 Å². The van der Waals surface area contributed by atoms with Crippen LogP contribution in [0.1, 0.15) is 10.5 Å². The van der Waals surface area contributed by atoms with Gasteiger partial charge in [-0.15, -0.1) is 0 Å². The average Bonchev–Trinajstić information content (AvgIpc) is 2.58. The zero-order valence-corrected chi connectivity index (χ0v) is 7.10. The Bertz CT molecular complexity index is 448. The minimum atomic E-state index is 0.424. The summed E-state index contributed by atoms with van der Waals surface area (Å²) in [5.41, 5.74) is 1.13. The molecule has 0 aliphatic heterocycles. The molecule has 2 heterocycles. The van der Waals surface area contributed by atoms with Gasteiger partial charge >= 0.3 is 0 Å². The number of methoxy groups -OCH3 is 1. The fourth-order valence-electron chi connectivity index (χ4n) is 1.17. The number of pyridine rings is 1. The van der Waals surface area contributed by atoms with E-state index in [1.807, 2.05) is 6.07 Å². The second-order valence-electron chi connectivity index (χ2n) is 2.62. The third-order valence-electron chi connectivity index (χ3n) is 1.81. The van der Waals surface area contributed by atoms with Gasteiger partial charge in [-0.25, -0.2) is 4.98 Å². The summed E-state index contributed by atoms with van der Waals surface area (Å²) >= 11 is 0. The summed E-state index contributed by atoms with van der Waals surface area (Å²) in [5, 5.41) is 0. The number of imidazole rings is 1. The number of carbonyl (C=O) groups excluding carboxylic acids is 1. The first-order chi connectivity index (χ1) is 6.33. The number of rotatable bonds is 2. The van der Waals surface area contributed by atoms with Crippen molar-refractivity contribution in [1.29, 1.82) is 0 Å². The topological polar surface area (TPSA) is 43.6 Å². The normalized spacial score (nSPS) is 10.2. The number of hydrogen-bond acceptors (Lipinski definition) is 3.